The molecular weight excluding hydrogens is 482 g/mol. The molecule has 30 heavy (non-hydrogen) atoms. The number of aryl methyl sites for hydroxylation is 2. The minimum atomic E-state index is -0.338. The third-order valence-electron chi connectivity index (χ3n) is 3.59. The monoisotopic (exact) mass is 520 g/mol. The zero-order chi connectivity index (χ0) is 16.7. The minimum Gasteiger partial charge on any atom is -0.358 e. The molecule has 0 nitrogen and oxygen atoms in total. The van der Waals surface area contributed by atoms with E-state index in [1.165, 1.54) is 21.7 Å². The molecule has 0 fully saturated rings. The van der Waals surface area contributed by atoms with E-state index in [9.17, 15) is 0 Å². The van der Waals surface area contributed by atoms with Crippen LogP contribution in [0.3, 0.4) is 0 Å². The Hall–Kier alpha value is -0.451. The van der Waals surface area contributed by atoms with Crippen molar-refractivity contribution in [3.05, 3.63) is 120 Å². The molecule has 3 aromatic carbocycles. The molecule has 2 radical (unpaired) electrons. The molecule has 0 aliphatic carbocycles. The molecule has 0 amide bonds. The summed E-state index contributed by atoms with van der Waals surface area (Å²) in [4.78, 5) is 0. The van der Waals surface area contributed by atoms with Gasteiger partial charge in [0.15, 0.2) is 0 Å². The Bertz CT molecular complexity index is 621. The van der Waals surface area contributed by atoms with Crippen LogP contribution in [0.15, 0.2) is 78.9 Å². The van der Waals surface area contributed by atoms with Gasteiger partial charge in [0.1, 0.15) is 0 Å². The van der Waals surface area contributed by atoms with Crippen LogP contribution in [0, 0.1) is 43.6 Å². The Morgan fingerprint density at radius 1 is 0.633 bits per heavy atom. The maximum atomic E-state index is 2.43. The zero-order valence-electron chi connectivity index (χ0n) is 19.7. The first-order valence-electron chi connectivity index (χ1n) is 7.98. The second-order valence-electron chi connectivity index (χ2n) is 5.92. The van der Waals surface area contributed by atoms with Gasteiger partial charge in [0.25, 0.3) is 0 Å². The van der Waals surface area contributed by atoms with Crippen LogP contribution in [0.25, 0.3) is 0 Å². The SMILES string of the molecule is Cc1ccc(P(c2ccc(C)cc2)[Si](C)C)cc1.Cl.Cl.[CH3-].[CH3-].[CH3-].[CH3-].[Cr+5].c1cc[cH-]c1. The van der Waals surface area contributed by atoms with Crippen LogP contribution < -0.4 is 10.6 Å². The van der Waals surface area contributed by atoms with Gasteiger partial charge in [-0.1, -0.05) is 80.2 Å². The maximum absolute atomic E-state index is 2.43. The number of rotatable bonds is 3. The second-order valence-corrected chi connectivity index (χ2v) is 13.5. The summed E-state index contributed by atoms with van der Waals surface area (Å²) in [5.74, 6) is 0. The van der Waals surface area contributed by atoms with Gasteiger partial charge in [0.2, 0.25) is 0 Å². The van der Waals surface area contributed by atoms with Gasteiger partial charge in [-0.05, 0) is 24.5 Å². The first-order chi connectivity index (χ1) is 11.1. The zero-order valence-corrected chi connectivity index (χ0v) is 24.5. The first-order valence-corrected chi connectivity index (χ1v) is 12.7. The number of hydrogen-bond donors (Lipinski definition) is 0. The summed E-state index contributed by atoms with van der Waals surface area (Å²) in [6.45, 7) is 9.16. The van der Waals surface area contributed by atoms with Gasteiger partial charge in [-0.15, -0.1) is 24.8 Å². The quantitative estimate of drug-likeness (QED) is 0.186. The van der Waals surface area contributed by atoms with Crippen molar-refractivity contribution in [1.29, 1.82) is 0 Å². The third kappa shape index (κ3) is 14.5. The number of benzene rings is 2. The standard InChI is InChI=1S/C16H20PSi.C5H5.4CH3.2ClH.Cr/c1-13-5-9-15(10-6-13)17(18(3)4)16-11-7-14(2)8-12-16;1-2-4-5-3-1;;;;;;;/h5-12H,1-4H3;1-5H;4*1H3;2*1H;/q;5*-1;;;+5. The average molecular weight is 522 g/mol. The Balaban J connectivity index is -0.000000107. The smallest absolute Gasteiger partial charge is 0.358 e. The predicted molar refractivity (Wildman–Crippen MR) is 148 cm³/mol. The maximum Gasteiger partial charge on any atom is 5.00 e. The van der Waals surface area contributed by atoms with Crippen molar-refractivity contribution in [1.82, 2.24) is 0 Å². The van der Waals surface area contributed by atoms with E-state index in [2.05, 4.69) is 75.5 Å². The fraction of sp³-hybridized carbons (Fsp3) is 0.160. The van der Waals surface area contributed by atoms with E-state index in [4.69, 9.17) is 0 Å². The molecule has 0 aromatic heterocycles. The molecule has 0 aliphatic rings. The molecule has 0 saturated carbocycles. The van der Waals surface area contributed by atoms with E-state index >= 15 is 0 Å². The van der Waals surface area contributed by atoms with Gasteiger partial charge in [-0.2, -0.15) is 18.2 Å². The van der Waals surface area contributed by atoms with Crippen LogP contribution in [0.2, 0.25) is 13.1 Å². The van der Waals surface area contributed by atoms with E-state index in [1.54, 1.807) is 0 Å². The molecule has 0 unspecified atom stereocenters. The molecule has 0 aliphatic heterocycles. The normalized spacial score (nSPS) is 8.07. The summed E-state index contributed by atoms with van der Waals surface area (Å²) < 4.78 is 0. The van der Waals surface area contributed by atoms with E-state index in [1.807, 2.05) is 30.3 Å². The van der Waals surface area contributed by atoms with Gasteiger partial charge < -0.3 is 29.7 Å². The van der Waals surface area contributed by atoms with Gasteiger partial charge in [0.05, 0.1) is 8.46 Å². The largest absolute Gasteiger partial charge is 5.00 e. The summed E-state index contributed by atoms with van der Waals surface area (Å²) in [6, 6.07) is 28.2. The van der Waals surface area contributed by atoms with Crippen molar-refractivity contribution in [3.8, 4) is 0 Å². The first kappa shape index (κ1) is 43.4. The van der Waals surface area contributed by atoms with Gasteiger partial charge >= 0.3 is 17.4 Å². The average Bonchev–Trinajstić information content (AvgIpc) is 3.11. The van der Waals surface area contributed by atoms with E-state index in [-0.39, 0.29) is 87.8 Å². The fourth-order valence-electron chi connectivity index (χ4n) is 2.37. The van der Waals surface area contributed by atoms with E-state index in [0.717, 1.165) is 0 Å². The van der Waals surface area contributed by atoms with Crippen LogP contribution in [-0.2, 0) is 17.4 Å². The fourth-order valence-corrected chi connectivity index (χ4v) is 8.59. The Morgan fingerprint density at radius 3 is 1.13 bits per heavy atom. The topological polar surface area (TPSA) is 0 Å². The van der Waals surface area contributed by atoms with E-state index in [0.29, 0.717) is 0 Å². The molecule has 0 saturated heterocycles. The molecule has 3 aromatic rings. The van der Waals surface area contributed by atoms with Crippen molar-refractivity contribution in [2.24, 2.45) is 0 Å². The molecule has 0 N–H and O–H groups in total. The molecular formula is C25H39Cl2CrPSi. The van der Waals surface area contributed by atoms with Crippen molar-refractivity contribution in [3.63, 3.8) is 0 Å². The third-order valence-corrected chi connectivity index (χ3v) is 10.3. The number of halogens is 2. The summed E-state index contributed by atoms with van der Waals surface area (Å²) in [7, 11) is -0.471. The van der Waals surface area contributed by atoms with Crippen molar-refractivity contribution >= 4 is 51.4 Å². The second kappa shape index (κ2) is 23.2. The molecule has 5 heteroatoms. The molecule has 0 heterocycles. The summed E-state index contributed by atoms with van der Waals surface area (Å²) in [5, 5.41) is 3.05. The van der Waals surface area contributed by atoms with Crippen LogP contribution in [-0.4, -0.2) is 8.46 Å². The van der Waals surface area contributed by atoms with Crippen LogP contribution in [0.1, 0.15) is 11.1 Å². The number of hydrogen-bond acceptors (Lipinski definition) is 0. The minimum absolute atomic E-state index is 0. The molecule has 0 bridgehead atoms. The van der Waals surface area contributed by atoms with Crippen molar-refractivity contribution in [2.45, 2.75) is 26.9 Å². The van der Waals surface area contributed by atoms with Crippen LogP contribution >= 0.6 is 32.3 Å². The van der Waals surface area contributed by atoms with Crippen LogP contribution in [0.4, 0.5) is 0 Å². The van der Waals surface area contributed by atoms with Gasteiger partial charge in [0, 0.05) is 0 Å². The summed E-state index contributed by atoms with van der Waals surface area (Å²) >= 11 is 0. The molecule has 0 atom stereocenters. The van der Waals surface area contributed by atoms with Crippen molar-refractivity contribution in [2.75, 3.05) is 0 Å². The molecule has 3 rings (SSSR count). The summed E-state index contributed by atoms with van der Waals surface area (Å²) in [5.41, 5.74) is 2.69. The Kier molecular flexibility index (Phi) is 33.6. The van der Waals surface area contributed by atoms with E-state index < -0.39 is 0 Å². The predicted octanol–water partition coefficient (Wildman–Crippen LogP) is 8.04. The van der Waals surface area contributed by atoms with Crippen molar-refractivity contribution < 1.29 is 17.4 Å². The van der Waals surface area contributed by atoms with Gasteiger partial charge in [-0.25, -0.2) is 12.1 Å². The molecule has 0 spiro atoms. The van der Waals surface area contributed by atoms with Crippen LogP contribution in [0.5, 0.6) is 0 Å². The molecule has 168 valence electrons. The summed E-state index contributed by atoms with van der Waals surface area (Å²) in [6.07, 6.45) is 0. The Labute approximate surface area is 214 Å². The Morgan fingerprint density at radius 2 is 0.933 bits per heavy atom. The van der Waals surface area contributed by atoms with Gasteiger partial charge in [-0.3, -0.25) is 0 Å².